The van der Waals surface area contributed by atoms with Crippen molar-refractivity contribution in [3.05, 3.63) is 84.4 Å². The topological polar surface area (TPSA) is 45.3 Å². The Morgan fingerprint density at radius 3 is 2.04 bits per heavy atom. The van der Waals surface area contributed by atoms with Crippen LogP contribution in [-0.4, -0.2) is 18.8 Å². The Bertz CT molecular complexity index is 849. The van der Waals surface area contributed by atoms with Crippen LogP contribution in [0.25, 0.3) is 0 Å². The van der Waals surface area contributed by atoms with Crippen molar-refractivity contribution in [1.82, 2.24) is 5.32 Å². The molecule has 0 amide bonds. The van der Waals surface area contributed by atoms with Gasteiger partial charge in [-0.15, -0.1) is 0 Å². The van der Waals surface area contributed by atoms with E-state index in [2.05, 4.69) is 28.1 Å². The molecule has 0 aliphatic heterocycles. The third kappa shape index (κ3) is 6.01. The highest BCUT2D eigenvalue weighted by Gasteiger charge is 2.00. The highest BCUT2D eigenvalue weighted by atomic mass is 32.1. The fraction of sp³-hybridized carbons (Fsp3) is 0.136. The number of hydrogen-bond acceptors (Lipinski definition) is 3. The van der Waals surface area contributed by atoms with E-state index in [1.54, 1.807) is 7.11 Å². The summed E-state index contributed by atoms with van der Waals surface area (Å²) in [5.41, 5.74) is 4.26. The third-order valence-corrected chi connectivity index (χ3v) is 4.31. The normalized spacial score (nSPS) is 10.1. The standard InChI is InChI=1S/C22H23N3OS/c1-26-21-13-11-19(12-14-21)24-18-7-9-20(10-8-18)25-22(27)23-16-15-17-5-3-2-4-6-17/h2-14,24H,15-16H2,1H3,(H2,23,25,27). The Labute approximate surface area is 165 Å². The quantitative estimate of drug-likeness (QED) is 0.508. The molecular weight excluding hydrogens is 354 g/mol. The molecule has 0 saturated carbocycles. The van der Waals surface area contributed by atoms with Crippen molar-refractivity contribution in [2.45, 2.75) is 6.42 Å². The first-order valence-electron chi connectivity index (χ1n) is 8.83. The molecule has 3 rings (SSSR count). The Morgan fingerprint density at radius 2 is 1.41 bits per heavy atom. The number of hydrogen-bond donors (Lipinski definition) is 3. The summed E-state index contributed by atoms with van der Waals surface area (Å²) in [7, 11) is 1.66. The van der Waals surface area contributed by atoms with Crippen molar-refractivity contribution in [1.29, 1.82) is 0 Å². The Kier molecular flexibility index (Phi) is 6.66. The maximum atomic E-state index is 5.36. The van der Waals surface area contributed by atoms with Crippen LogP contribution in [0.3, 0.4) is 0 Å². The van der Waals surface area contributed by atoms with Crippen LogP contribution >= 0.6 is 12.2 Å². The van der Waals surface area contributed by atoms with Crippen molar-refractivity contribution in [2.75, 3.05) is 24.3 Å². The van der Waals surface area contributed by atoms with Gasteiger partial charge in [-0.05, 0) is 72.7 Å². The highest BCUT2D eigenvalue weighted by molar-refractivity contribution is 7.80. The van der Waals surface area contributed by atoms with E-state index < -0.39 is 0 Å². The summed E-state index contributed by atoms with van der Waals surface area (Å²) < 4.78 is 5.17. The lowest BCUT2D eigenvalue weighted by molar-refractivity contribution is 0.415. The number of ether oxygens (including phenoxy) is 1. The van der Waals surface area contributed by atoms with Gasteiger partial charge in [0.1, 0.15) is 5.75 Å². The van der Waals surface area contributed by atoms with Crippen molar-refractivity contribution < 1.29 is 4.74 Å². The van der Waals surface area contributed by atoms with E-state index in [9.17, 15) is 0 Å². The van der Waals surface area contributed by atoms with Crippen LogP contribution in [-0.2, 0) is 6.42 Å². The zero-order valence-electron chi connectivity index (χ0n) is 15.2. The first kappa shape index (κ1) is 18.7. The molecule has 0 aromatic heterocycles. The SMILES string of the molecule is COc1ccc(Nc2ccc(NC(=S)NCCc3ccccc3)cc2)cc1. The second-order valence-electron chi connectivity index (χ2n) is 6.05. The van der Waals surface area contributed by atoms with Crippen LogP contribution in [0.2, 0.25) is 0 Å². The van der Waals surface area contributed by atoms with Gasteiger partial charge < -0.3 is 20.7 Å². The molecule has 0 saturated heterocycles. The zero-order valence-corrected chi connectivity index (χ0v) is 16.1. The molecule has 138 valence electrons. The Balaban J connectivity index is 1.45. The Hall–Kier alpha value is -3.05. The van der Waals surface area contributed by atoms with Gasteiger partial charge in [0.25, 0.3) is 0 Å². The number of nitrogens with one attached hydrogen (secondary N) is 3. The number of anilines is 3. The number of thiocarbonyl (C=S) groups is 1. The minimum Gasteiger partial charge on any atom is -0.497 e. The van der Waals surface area contributed by atoms with Crippen molar-refractivity contribution in [3.8, 4) is 5.75 Å². The lowest BCUT2D eigenvalue weighted by Gasteiger charge is -2.12. The fourth-order valence-electron chi connectivity index (χ4n) is 2.62. The molecule has 0 unspecified atom stereocenters. The first-order chi connectivity index (χ1) is 13.2. The van der Waals surface area contributed by atoms with Crippen LogP contribution < -0.4 is 20.7 Å². The van der Waals surface area contributed by atoms with Crippen LogP contribution in [0.15, 0.2) is 78.9 Å². The summed E-state index contributed by atoms with van der Waals surface area (Å²) in [6, 6.07) is 26.2. The Morgan fingerprint density at radius 1 is 0.815 bits per heavy atom. The summed E-state index contributed by atoms with van der Waals surface area (Å²) in [4.78, 5) is 0. The van der Waals surface area contributed by atoms with E-state index in [-0.39, 0.29) is 0 Å². The molecule has 3 aromatic rings. The molecule has 0 heterocycles. The molecule has 0 atom stereocenters. The van der Waals surface area contributed by atoms with Crippen LogP contribution in [0, 0.1) is 0 Å². The average molecular weight is 378 g/mol. The monoisotopic (exact) mass is 377 g/mol. The number of rotatable bonds is 7. The minimum atomic E-state index is 0.627. The summed E-state index contributed by atoms with van der Waals surface area (Å²) in [6.45, 7) is 0.799. The molecule has 0 fully saturated rings. The van der Waals surface area contributed by atoms with Gasteiger partial charge in [-0.1, -0.05) is 30.3 Å². The zero-order chi connectivity index (χ0) is 18.9. The summed E-state index contributed by atoms with van der Waals surface area (Å²) in [6.07, 6.45) is 0.938. The fourth-order valence-corrected chi connectivity index (χ4v) is 2.84. The van der Waals surface area contributed by atoms with Crippen molar-refractivity contribution in [3.63, 3.8) is 0 Å². The van der Waals surface area contributed by atoms with Gasteiger partial charge in [0, 0.05) is 23.6 Å². The molecule has 4 nitrogen and oxygen atoms in total. The predicted molar refractivity (Wildman–Crippen MR) is 117 cm³/mol. The second-order valence-corrected chi connectivity index (χ2v) is 6.46. The van der Waals surface area contributed by atoms with Gasteiger partial charge in [-0.3, -0.25) is 0 Å². The van der Waals surface area contributed by atoms with Crippen molar-refractivity contribution in [2.24, 2.45) is 0 Å². The van der Waals surface area contributed by atoms with Gasteiger partial charge in [0.2, 0.25) is 0 Å². The van der Waals surface area contributed by atoms with E-state index in [1.807, 2.05) is 66.7 Å². The highest BCUT2D eigenvalue weighted by Crippen LogP contribution is 2.21. The third-order valence-electron chi connectivity index (χ3n) is 4.06. The van der Waals surface area contributed by atoms with E-state index >= 15 is 0 Å². The molecule has 0 bridgehead atoms. The van der Waals surface area contributed by atoms with E-state index in [0.29, 0.717) is 5.11 Å². The number of benzene rings is 3. The molecule has 3 aromatic carbocycles. The van der Waals surface area contributed by atoms with Crippen molar-refractivity contribution >= 4 is 34.4 Å². The summed E-state index contributed by atoms with van der Waals surface area (Å²) in [5, 5.41) is 10.4. The lowest BCUT2D eigenvalue weighted by atomic mass is 10.1. The van der Waals surface area contributed by atoms with Crippen LogP contribution in [0.5, 0.6) is 5.75 Å². The molecule has 5 heteroatoms. The van der Waals surface area contributed by atoms with Gasteiger partial charge >= 0.3 is 0 Å². The smallest absolute Gasteiger partial charge is 0.170 e. The molecular formula is C22H23N3OS. The van der Waals surface area contributed by atoms with Gasteiger partial charge in [-0.2, -0.15) is 0 Å². The van der Waals surface area contributed by atoms with Crippen LogP contribution in [0.1, 0.15) is 5.56 Å². The van der Waals surface area contributed by atoms with Crippen LogP contribution in [0.4, 0.5) is 17.1 Å². The van der Waals surface area contributed by atoms with E-state index in [0.717, 1.165) is 35.8 Å². The first-order valence-corrected chi connectivity index (χ1v) is 9.24. The molecule has 0 spiro atoms. The van der Waals surface area contributed by atoms with E-state index in [4.69, 9.17) is 17.0 Å². The molecule has 0 radical (unpaired) electrons. The lowest BCUT2D eigenvalue weighted by Crippen LogP contribution is -2.30. The largest absolute Gasteiger partial charge is 0.497 e. The summed E-state index contributed by atoms with van der Waals surface area (Å²) in [5.74, 6) is 0.841. The molecule has 0 aliphatic carbocycles. The number of methoxy groups -OCH3 is 1. The second kappa shape index (κ2) is 9.59. The van der Waals surface area contributed by atoms with Gasteiger partial charge in [0.15, 0.2) is 5.11 Å². The molecule has 27 heavy (non-hydrogen) atoms. The maximum absolute atomic E-state index is 5.36. The summed E-state index contributed by atoms with van der Waals surface area (Å²) >= 11 is 5.36. The minimum absolute atomic E-state index is 0.627. The van der Waals surface area contributed by atoms with Gasteiger partial charge in [-0.25, -0.2) is 0 Å². The predicted octanol–water partition coefficient (Wildman–Crippen LogP) is 4.97. The maximum Gasteiger partial charge on any atom is 0.170 e. The molecule has 3 N–H and O–H groups in total. The molecule has 0 aliphatic rings. The van der Waals surface area contributed by atoms with Gasteiger partial charge in [0.05, 0.1) is 7.11 Å². The average Bonchev–Trinajstić information content (AvgIpc) is 2.71. The van der Waals surface area contributed by atoms with E-state index in [1.165, 1.54) is 5.56 Å².